The van der Waals surface area contributed by atoms with Gasteiger partial charge in [-0.15, -0.1) is 56.7 Å². The Morgan fingerprint density at radius 2 is 0.693 bits per heavy atom. The maximum atomic E-state index is 14.6. The van der Waals surface area contributed by atoms with Gasteiger partial charge in [0.05, 0.1) is 70.2 Å². The smallest absolute Gasteiger partial charge is 0.408 e. The number of allylic oxidation sites excluding steroid dienone is 3. The van der Waals surface area contributed by atoms with Crippen LogP contribution < -0.4 is 31.9 Å². The number of aliphatic carboxylic acids is 3. The highest BCUT2D eigenvalue weighted by atomic mass is 32.1. The van der Waals surface area contributed by atoms with E-state index in [0.717, 1.165) is 175 Å². The molecule has 11 aromatic rings. The summed E-state index contributed by atoms with van der Waals surface area (Å²) < 4.78 is 22.7. The van der Waals surface area contributed by atoms with Gasteiger partial charge in [0.1, 0.15) is 95.2 Å². The topological polar surface area (TPSA) is 493 Å². The molecule has 0 spiro atoms. The molecule has 790 valence electrons. The minimum absolute atomic E-state index is 0.145. The number of carboxylic acid groups (broad SMARTS) is 3. The minimum atomic E-state index is -1.43. The first-order valence-electron chi connectivity index (χ1n) is 51.6. The number of thiazole rings is 5. The summed E-state index contributed by atoms with van der Waals surface area (Å²) in [4.78, 5) is 204. The Morgan fingerprint density at radius 3 is 1.01 bits per heavy atom. The number of hydrogen-bond acceptors (Lipinski definition) is 28. The zero-order chi connectivity index (χ0) is 105. The van der Waals surface area contributed by atoms with Gasteiger partial charge in [-0.25, -0.2) is 68.6 Å². The van der Waals surface area contributed by atoms with E-state index in [4.69, 9.17) is 24.2 Å². The van der Waals surface area contributed by atoms with Crippen LogP contribution in [0.1, 0.15) is 226 Å². The van der Waals surface area contributed by atoms with Crippen LogP contribution in [-0.2, 0) is 57.4 Å². The number of benzene rings is 3. The number of nitrogens with one attached hydrogen (secondary N) is 6. The van der Waals surface area contributed by atoms with E-state index in [1.165, 1.54) is 71.4 Å². The SMILES string of the molecule is CC(C)(C)OC(=O)N[C@H]1CCCCC/C=C\[C@@H]2C[C@@]2(C(=O)O)NC(=O)[C@@H]2C[C@@H](n3cnc4c(-c5nccs5)cc(-c5nccs5)cc43)CN2C1=O.Cc1cc(-c2nccs2)cc2c1ncn2[C@@H]1C[C@H]2C(=O)N[C@]3(C(=O)O)C[C@H]3/C=C\CCCCC[C@H](NC(=O)OC(C)(C)C)C(=O)N2C1.O=C(N[C@H]1CCCCC/C=C\[C@@H]2C[C@@]2(C(=O)O)NC(=O)[C@@H]2C[C@@H](n3cnc4c(-c5nccs5)cc(-c5nccs5)cc43)CN2C1=O)OC1CCCC1. The third-order valence-electron chi connectivity index (χ3n) is 29.9. The van der Waals surface area contributed by atoms with Gasteiger partial charge in [-0.05, 0) is 212 Å². The third kappa shape index (κ3) is 22.9. The first-order valence-corrected chi connectivity index (χ1v) is 56.0. The van der Waals surface area contributed by atoms with Gasteiger partial charge >= 0.3 is 36.2 Å². The van der Waals surface area contributed by atoms with E-state index in [9.17, 15) is 72.9 Å². The molecule has 15 atom stereocenters. The molecule has 14 heterocycles. The molecule has 0 radical (unpaired) electrons. The standard InChI is InChI=1S/C37H41N7O6S2.C36H41N7O6S2.C34H42N6O6S/c45-31-29-18-24(44-21-40-30-26(33-39-13-15-52-33)16-22(17-28(30)44)32-38-12-14-51-32)20-43(29)34(46)27(41-36(49)50-25-9-6-7-10-25)11-5-3-1-2-4-8-23-19-37(23,42-31)35(47)48;1-35(2,3)49-34(48)40-25-10-8-6-4-5-7-9-22-18-36(22,33(46)47)41-29(44)27-17-23(19-42(27)32(25)45)43-20-39-28-24(31-38-12-14-51-31)15-21(16-26(28)43)30-37-11-13-50-30;1-20-14-21(29-35-12-13-47-29)15-25-27(20)36-19-40(25)23-16-26-28(41)38-34(31(43)44)17-22(34)10-8-6-5-7-9-11-24(30(42)39(26)18-23)37-32(45)46-33(2,3)4/h4,8,12-17,21,23-25,27,29H,1-3,5-7,9-11,18-20H2,(H,41,49)(H,42,45)(H,47,48);7,9,11-16,20,22-23,25,27H,4-6,8,10,17-19H2,1-3H3,(H,40,48)(H,41,44)(H,46,47);8,10,12-15,19,22-24,26H,5-7,9,11,16-18H2,1-4H3,(H,37,45)(H,38,41)(H,43,44)/b8-4-;9-7-;10-8-/t23-,24-,27+,29+,37-;22-,23-,25+,27+,36-;22-,23-,24+,26+,34-/m111/s1. The second-order valence-corrected chi connectivity index (χ2v) is 47.1. The molecule has 7 fully saturated rings. The van der Waals surface area contributed by atoms with Crippen LogP contribution in [0.15, 0.2) is 150 Å². The second-order valence-electron chi connectivity index (χ2n) is 42.6. The highest BCUT2D eigenvalue weighted by Gasteiger charge is 2.65. The van der Waals surface area contributed by atoms with Crippen molar-refractivity contribution in [2.24, 2.45) is 17.8 Å². The van der Waals surface area contributed by atoms with E-state index in [1.807, 2.05) is 120 Å². The number of ether oxygens (including phenoxy) is 3. The van der Waals surface area contributed by atoms with Crippen molar-refractivity contribution in [3.05, 3.63) is 155 Å². The lowest BCUT2D eigenvalue weighted by Crippen LogP contribution is -2.56. The summed E-state index contributed by atoms with van der Waals surface area (Å²) in [5, 5.41) is 61.4. The van der Waals surface area contributed by atoms with E-state index in [2.05, 4.69) is 61.8 Å². The molecule has 43 heteroatoms. The van der Waals surface area contributed by atoms with Crippen molar-refractivity contribution in [1.29, 1.82) is 0 Å². The molecular weight excluding hydrogens is 2010 g/mol. The van der Waals surface area contributed by atoms with Crippen LogP contribution in [0, 0.1) is 24.7 Å². The minimum Gasteiger partial charge on any atom is -0.479 e. The van der Waals surface area contributed by atoms with E-state index in [-0.39, 0.29) is 99.6 Å². The lowest BCUT2D eigenvalue weighted by atomic mass is 10.0. The number of carbonyl (C=O) groups is 12. The van der Waals surface area contributed by atoms with Crippen molar-refractivity contribution in [2.45, 2.75) is 297 Å². The van der Waals surface area contributed by atoms with Gasteiger partial charge < -0.3 is 89.8 Å². The average molecular weight is 2140 g/mol. The molecule has 21 rings (SSSR count). The summed E-state index contributed by atoms with van der Waals surface area (Å²) in [6.45, 7) is 13.0. The summed E-state index contributed by atoms with van der Waals surface area (Å²) in [6, 6.07) is 5.42. The number of hydrogen-bond donors (Lipinski definition) is 9. The molecule has 6 aliphatic heterocycles. The first-order chi connectivity index (χ1) is 72.1. The molecule has 10 aliphatic rings. The number of amides is 9. The predicted molar refractivity (Wildman–Crippen MR) is 565 cm³/mol. The lowest BCUT2D eigenvalue weighted by molar-refractivity contribution is -0.146. The Bertz CT molecular complexity index is 6960. The summed E-state index contributed by atoms with van der Waals surface area (Å²) >= 11 is 7.60. The molecule has 150 heavy (non-hydrogen) atoms. The van der Waals surface area contributed by atoms with E-state index in [0.29, 0.717) is 44.9 Å². The Balaban J connectivity index is 0.000000141. The highest BCUT2D eigenvalue weighted by molar-refractivity contribution is 7.14. The number of aryl methyl sites for hydroxylation is 1. The van der Waals surface area contributed by atoms with Crippen LogP contribution in [0.5, 0.6) is 0 Å². The Kier molecular flexibility index (Phi) is 30.9. The highest BCUT2D eigenvalue weighted by Crippen LogP contribution is 2.51. The summed E-state index contributed by atoms with van der Waals surface area (Å²) in [6.07, 6.45) is 39.0. The van der Waals surface area contributed by atoms with Crippen LogP contribution in [-0.4, -0.2) is 245 Å². The van der Waals surface area contributed by atoms with Crippen molar-refractivity contribution >= 4 is 161 Å². The fraction of sp³-hybridized carbons (Fsp3) is 0.495. The molecule has 4 saturated carbocycles. The van der Waals surface area contributed by atoms with Crippen molar-refractivity contribution in [1.82, 2.24) is 100 Å². The normalized spacial score (nSPS) is 27.2. The second kappa shape index (κ2) is 44.2. The quantitative estimate of drug-likeness (QED) is 0.0340. The average Bonchev–Trinajstić information content (AvgIpc) is 1.58. The van der Waals surface area contributed by atoms with Gasteiger partial charge in [-0.3, -0.25) is 28.8 Å². The number of nitrogens with zero attached hydrogens (tertiary/aromatic N) is 14. The largest absolute Gasteiger partial charge is 0.479 e. The molecule has 9 amide bonds. The van der Waals surface area contributed by atoms with E-state index < -0.39 is 130 Å². The number of alkyl carbamates (subject to hydrolysis) is 3. The van der Waals surface area contributed by atoms with Crippen molar-refractivity contribution < 1.29 is 87.1 Å². The summed E-state index contributed by atoms with van der Waals surface area (Å²) in [7, 11) is 0. The third-order valence-corrected chi connectivity index (χ3v) is 34.0. The van der Waals surface area contributed by atoms with Crippen molar-refractivity contribution in [3.8, 4) is 52.9 Å². The molecule has 8 aromatic heterocycles. The molecule has 4 aliphatic carbocycles. The van der Waals surface area contributed by atoms with Crippen LogP contribution >= 0.6 is 56.7 Å². The van der Waals surface area contributed by atoms with Crippen molar-refractivity contribution in [3.63, 3.8) is 0 Å². The van der Waals surface area contributed by atoms with Gasteiger partial charge in [0.15, 0.2) is 0 Å². The number of rotatable bonds is 15. The molecule has 9 N–H and O–H groups in total. The Hall–Kier alpha value is -13.5. The number of carboxylic acids is 3. The molecule has 0 unspecified atom stereocenters. The molecule has 3 aromatic carbocycles. The summed E-state index contributed by atoms with van der Waals surface area (Å²) in [5.74, 6) is -7.03. The Morgan fingerprint density at radius 1 is 0.387 bits per heavy atom. The molecular formula is C107H124N20O18S5. The molecule has 3 saturated heterocycles. The maximum Gasteiger partial charge on any atom is 0.408 e. The molecule has 0 bridgehead atoms. The maximum absolute atomic E-state index is 14.6. The van der Waals surface area contributed by atoms with Gasteiger partial charge in [0, 0.05) is 123 Å². The zero-order valence-electron chi connectivity index (χ0n) is 84.5. The predicted octanol–water partition coefficient (Wildman–Crippen LogP) is 16.7. The lowest BCUT2D eigenvalue weighted by Gasteiger charge is -2.30. The van der Waals surface area contributed by atoms with Gasteiger partial charge in [-0.1, -0.05) is 75.0 Å². The van der Waals surface area contributed by atoms with Crippen LogP contribution in [0.4, 0.5) is 14.4 Å². The van der Waals surface area contributed by atoms with Gasteiger partial charge in [0.2, 0.25) is 35.4 Å². The van der Waals surface area contributed by atoms with Crippen LogP contribution in [0.3, 0.4) is 0 Å². The van der Waals surface area contributed by atoms with Crippen LogP contribution in [0.2, 0.25) is 0 Å². The van der Waals surface area contributed by atoms with Crippen LogP contribution in [0.25, 0.3) is 86.0 Å². The first kappa shape index (κ1) is 105. The van der Waals surface area contributed by atoms with E-state index >= 15 is 0 Å². The fourth-order valence-corrected chi connectivity index (χ4v) is 25.2. The van der Waals surface area contributed by atoms with E-state index in [1.54, 1.807) is 91.5 Å². The van der Waals surface area contributed by atoms with Crippen molar-refractivity contribution in [2.75, 3.05) is 19.6 Å². The fourth-order valence-electron chi connectivity index (χ4n) is 22.0. The monoisotopic (exact) mass is 2140 g/mol. The zero-order valence-corrected chi connectivity index (χ0v) is 88.6. The Labute approximate surface area is 885 Å². The molecule has 38 nitrogen and oxygen atoms in total. The summed E-state index contributed by atoms with van der Waals surface area (Å²) in [5.41, 5.74) is 4.39. The number of fused-ring (bicyclic) bond motifs is 9. The van der Waals surface area contributed by atoms with Gasteiger partial charge in [0.25, 0.3) is 0 Å². The number of aromatic nitrogens is 11. The number of carbonyl (C=O) groups excluding carboxylic acids is 9. The van der Waals surface area contributed by atoms with Gasteiger partial charge in [-0.2, -0.15) is 0 Å². The number of imidazole rings is 3.